The summed E-state index contributed by atoms with van der Waals surface area (Å²) in [5.74, 6) is 1.01. The molecule has 1 aromatic carbocycles. The van der Waals surface area contributed by atoms with E-state index < -0.39 is 5.60 Å². The maximum atomic E-state index is 12.5. The van der Waals surface area contributed by atoms with Crippen molar-refractivity contribution in [2.75, 3.05) is 13.6 Å². The van der Waals surface area contributed by atoms with E-state index in [9.17, 15) is 9.59 Å². The van der Waals surface area contributed by atoms with E-state index >= 15 is 0 Å². The number of para-hydroxylation sites is 1. The molecule has 28 heavy (non-hydrogen) atoms. The van der Waals surface area contributed by atoms with Gasteiger partial charge in [0.1, 0.15) is 17.7 Å². The summed E-state index contributed by atoms with van der Waals surface area (Å²) in [6.07, 6.45) is 4.52. The van der Waals surface area contributed by atoms with Crippen molar-refractivity contribution < 1.29 is 14.3 Å². The van der Waals surface area contributed by atoms with Gasteiger partial charge in [-0.05, 0) is 31.7 Å². The molecule has 0 atom stereocenters. The Bertz CT molecular complexity index is 858. The highest BCUT2D eigenvalue weighted by Gasteiger charge is 2.43. The van der Waals surface area contributed by atoms with Crippen LogP contribution in [0.3, 0.4) is 0 Å². The highest BCUT2D eigenvalue weighted by molar-refractivity contribution is 5.90. The van der Waals surface area contributed by atoms with Crippen LogP contribution in [0.2, 0.25) is 0 Å². The first-order chi connectivity index (χ1) is 13.5. The monoisotopic (exact) mass is 383 g/mol. The largest absolute Gasteiger partial charge is 0.485 e. The number of hydrogen-bond acceptors (Lipinski definition) is 5. The number of hydrogen-bond donors (Lipinski definition) is 1. The molecule has 1 saturated carbocycles. The van der Waals surface area contributed by atoms with Gasteiger partial charge in [-0.25, -0.2) is 4.98 Å². The number of nitrogens with zero attached hydrogens (tertiary/aromatic N) is 4. The number of carbonyl (C=O) groups excluding carboxylic acids is 2. The average Bonchev–Trinajstić information content (AvgIpc) is 3.17. The van der Waals surface area contributed by atoms with Crippen molar-refractivity contribution in [2.24, 2.45) is 0 Å². The molecule has 148 valence electrons. The number of nitrogens with one attached hydrogen (secondary N) is 1. The predicted octanol–water partition coefficient (Wildman–Crippen LogP) is 2.00. The lowest BCUT2D eigenvalue weighted by atomic mass is 9.81. The lowest BCUT2D eigenvalue weighted by Gasteiger charge is -2.43. The smallest absolute Gasteiger partial charge is 0.291 e. The molecule has 1 spiro atoms. The lowest BCUT2D eigenvalue weighted by Crippen LogP contribution is -2.52. The third kappa shape index (κ3) is 3.46. The van der Waals surface area contributed by atoms with E-state index in [4.69, 9.17) is 4.74 Å². The van der Waals surface area contributed by atoms with Gasteiger partial charge >= 0.3 is 0 Å². The predicted molar refractivity (Wildman–Crippen MR) is 102 cm³/mol. The van der Waals surface area contributed by atoms with Crippen molar-refractivity contribution in [1.82, 2.24) is 25.0 Å². The molecule has 2 aliphatic rings. The minimum atomic E-state index is -0.412. The fourth-order valence-electron chi connectivity index (χ4n) is 4.25. The number of aromatic nitrogens is 3. The Balaban J connectivity index is 1.50. The second kappa shape index (κ2) is 7.26. The van der Waals surface area contributed by atoms with Gasteiger partial charge in [0.2, 0.25) is 11.7 Å². The molecule has 1 fully saturated rings. The fraction of sp³-hybridized carbons (Fsp3) is 0.500. The van der Waals surface area contributed by atoms with E-state index in [0.717, 1.165) is 37.0 Å². The summed E-state index contributed by atoms with van der Waals surface area (Å²) in [6.45, 7) is 2.75. The molecule has 0 bridgehead atoms. The van der Waals surface area contributed by atoms with Crippen molar-refractivity contribution in [1.29, 1.82) is 0 Å². The second-order valence-corrected chi connectivity index (χ2v) is 7.75. The molecular weight excluding hydrogens is 358 g/mol. The molecule has 2 amide bonds. The SMILES string of the molecule is CC(=O)N1Cc2ccccc2OC2(CCC(N(C)C(=O)c3ncn[nH]3)CC2)C1. The third-order valence-corrected chi connectivity index (χ3v) is 5.94. The summed E-state index contributed by atoms with van der Waals surface area (Å²) in [4.78, 5) is 32.3. The number of benzene rings is 1. The van der Waals surface area contributed by atoms with E-state index in [-0.39, 0.29) is 23.7 Å². The molecule has 1 aliphatic carbocycles. The summed E-state index contributed by atoms with van der Waals surface area (Å²) in [5.41, 5.74) is 0.625. The van der Waals surface area contributed by atoms with Crippen LogP contribution in [-0.2, 0) is 11.3 Å². The zero-order valence-electron chi connectivity index (χ0n) is 16.2. The number of H-pyrrole nitrogens is 1. The maximum absolute atomic E-state index is 12.5. The summed E-state index contributed by atoms with van der Waals surface area (Å²) >= 11 is 0. The normalized spacial score (nSPS) is 24.2. The minimum absolute atomic E-state index is 0.0550. The van der Waals surface area contributed by atoms with Gasteiger partial charge in [-0.1, -0.05) is 18.2 Å². The maximum Gasteiger partial charge on any atom is 0.291 e. The average molecular weight is 383 g/mol. The molecule has 1 aromatic heterocycles. The zero-order valence-corrected chi connectivity index (χ0v) is 16.2. The Morgan fingerprint density at radius 3 is 2.71 bits per heavy atom. The van der Waals surface area contributed by atoms with Gasteiger partial charge in [0.25, 0.3) is 5.91 Å². The van der Waals surface area contributed by atoms with Crippen LogP contribution in [0.5, 0.6) is 5.75 Å². The molecule has 1 N–H and O–H groups in total. The van der Waals surface area contributed by atoms with Gasteiger partial charge in [0.15, 0.2) is 0 Å². The molecule has 4 rings (SSSR count). The van der Waals surface area contributed by atoms with Crippen LogP contribution in [0.25, 0.3) is 0 Å². The minimum Gasteiger partial charge on any atom is -0.485 e. The molecular formula is C20H25N5O3. The van der Waals surface area contributed by atoms with Gasteiger partial charge in [0.05, 0.1) is 6.54 Å². The topological polar surface area (TPSA) is 91.4 Å². The number of amides is 2. The first kappa shape index (κ1) is 18.5. The van der Waals surface area contributed by atoms with Crippen molar-refractivity contribution in [3.63, 3.8) is 0 Å². The van der Waals surface area contributed by atoms with Crippen LogP contribution < -0.4 is 4.74 Å². The summed E-state index contributed by atoms with van der Waals surface area (Å²) in [7, 11) is 1.80. The van der Waals surface area contributed by atoms with Crippen LogP contribution >= 0.6 is 0 Å². The second-order valence-electron chi connectivity index (χ2n) is 7.75. The number of ether oxygens (including phenoxy) is 1. The van der Waals surface area contributed by atoms with Gasteiger partial charge < -0.3 is 14.5 Å². The van der Waals surface area contributed by atoms with Gasteiger partial charge in [-0.2, -0.15) is 5.10 Å². The number of rotatable bonds is 2. The molecule has 0 unspecified atom stereocenters. The van der Waals surface area contributed by atoms with E-state index in [1.165, 1.54) is 6.33 Å². The molecule has 2 heterocycles. The molecule has 1 aliphatic heterocycles. The standard InChI is InChI=1S/C20H25N5O3/c1-14(26)25-11-15-5-3-4-6-17(15)28-20(12-25)9-7-16(8-10-20)24(2)19(27)18-21-13-22-23-18/h3-6,13,16H,7-12H2,1-2H3,(H,21,22,23). The Morgan fingerprint density at radius 2 is 2.04 bits per heavy atom. The van der Waals surface area contributed by atoms with Crippen LogP contribution in [0, 0.1) is 0 Å². The van der Waals surface area contributed by atoms with Gasteiger partial charge in [-0.3, -0.25) is 14.7 Å². The Kier molecular flexibility index (Phi) is 4.78. The summed E-state index contributed by atoms with van der Waals surface area (Å²) in [5, 5.41) is 6.38. The highest BCUT2D eigenvalue weighted by atomic mass is 16.5. The quantitative estimate of drug-likeness (QED) is 0.856. The zero-order chi connectivity index (χ0) is 19.7. The van der Waals surface area contributed by atoms with Crippen LogP contribution in [0.1, 0.15) is 48.8 Å². The Morgan fingerprint density at radius 1 is 1.29 bits per heavy atom. The fourth-order valence-corrected chi connectivity index (χ4v) is 4.25. The van der Waals surface area contributed by atoms with Crippen LogP contribution in [-0.4, -0.2) is 62.0 Å². The first-order valence-corrected chi connectivity index (χ1v) is 9.62. The number of fused-ring (bicyclic) bond motifs is 1. The van der Waals surface area contributed by atoms with Crippen molar-refractivity contribution in [2.45, 2.75) is 50.8 Å². The number of aromatic amines is 1. The van der Waals surface area contributed by atoms with Crippen molar-refractivity contribution in [3.05, 3.63) is 42.0 Å². The van der Waals surface area contributed by atoms with E-state index in [2.05, 4.69) is 15.2 Å². The van der Waals surface area contributed by atoms with E-state index in [1.807, 2.05) is 29.2 Å². The lowest BCUT2D eigenvalue weighted by molar-refractivity contribution is -0.132. The van der Waals surface area contributed by atoms with Crippen LogP contribution in [0.4, 0.5) is 0 Å². The Hall–Kier alpha value is -2.90. The van der Waals surface area contributed by atoms with Crippen molar-refractivity contribution in [3.8, 4) is 5.75 Å². The molecule has 2 aromatic rings. The summed E-state index contributed by atoms with van der Waals surface area (Å²) in [6, 6.07) is 8.04. The van der Waals surface area contributed by atoms with Crippen molar-refractivity contribution >= 4 is 11.8 Å². The van der Waals surface area contributed by atoms with Gasteiger partial charge in [0, 0.05) is 32.1 Å². The van der Waals surface area contributed by atoms with Crippen LogP contribution in [0.15, 0.2) is 30.6 Å². The molecule has 0 radical (unpaired) electrons. The van der Waals surface area contributed by atoms with Gasteiger partial charge in [-0.15, -0.1) is 0 Å². The number of carbonyl (C=O) groups is 2. The molecule has 8 heteroatoms. The first-order valence-electron chi connectivity index (χ1n) is 9.62. The van der Waals surface area contributed by atoms with E-state index in [1.54, 1.807) is 18.9 Å². The summed E-state index contributed by atoms with van der Waals surface area (Å²) < 4.78 is 6.50. The Labute approximate surface area is 163 Å². The van der Waals surface area contributed by atoms with E-state index in [0.29, 0.717) is 13.1 Å². The molecule has 0 saturated heterocycles. The molecule has 8 nitrogen and oxygen atoms in total. The highest BCUT2D eigenvalue weighted by Crippen LogP contribution is 2.39. The third-order valence-electron chi connectivity index (χ3n) is 5.94.